The van der Waals surface area contributed by atoms with Crippen molar-refractivity contribution in [3.05, 3.63) is 63.1 Å². The van der Waals surface area contributed by atoms with Gasteiger partial charge in [0.15, 0.2) is 0 Å². The summed E-state index contributed by atoms with van der Waals surface area (Å²) in [5, 5.41) is 0.878. The van der Waals surface area contributed by atoms with Gasteiger partial charge in [0.05, 0.1) is 22.2 Å². The number of hydrogen-bond donors (Lipinski definition) is 0. The van der Waals surface area contributed by atoms with Crippen LogP contribution in [-0.4, -0.2) is 30.2 Å². The third-order valence-corrected chi connectivity index (χ3v) is 5.52. The molecule has 1 amide bonds. The molecule has 0 N–H and O–H groups in total. The van der Waals surface area contributed by atoms with Gasteiger partial charge in [-0.2, -0.15) is 0 Å². The maximum Gasteiger partial charge on any atom is 0.254 e. The predicted octanol–water partition coefficient (Wildman–Crippen LogP) is 5.28. The van der Waals surface area contributed by atoms with Gasteiger partial charge in [-0.05, 0) is 55.3 Å². The maximum atomic E-state index is 12.8. The lowest BCUT2D eigenvalue weighted by atomic mass is 9.85. The summed E-state index contributed by atoms with van der Waals surface area (Å²) in [7, 11) is 1.76. The van der Waals surface area contributed by atoms with Gasteiger partial charge in [-0.25, -0.2) is 0 Å². The van der Waals surface area contributed by atoms with Crippen LogP contribution in [0.4, 0.5) is 0 Å². The van der Waals surface area contributed by atoms with Crippen molar-refractivity contribution in [1.29, 1.82) is 0 Å². The molecule has 4 nitrogen and oxygen atoms in total. The first-order valence-corrected chi connectivity index (χ1v) is 9.55. The van der Waals surface area contributed by atoms with Gasteiger partial charge in [0, 0.05) is 24.9 Å². The van der Waals surface area contributed by atoms with Crippen LogP contribution in [0.25, 0.3) is 0 Å². The lowest BCUT2D eigenvalue weighted by Gasteiger charge is -2.29. The van der Waals surface area contributed by atoms with Crippen LogP contribution in [0.1, 0.15) is 53.7 Å². The van der Waals surface area contributed by atoms with Crippen molar-refractivity contribution < 1.29 is 14.3 Å². The third-order valence-electron chi connectivity index (χ3n) is 4.78. The van der Waals surface area contributed by atoms with Crippen LogP contribution in [0, 0.1) is 0 Å². The van der Waals surface area contributed by atoms with Crippen molar-refractivity contribution in [2.45, 2.75) is 38.3 Å². The number of carbonyl (C=O) groups excluding carboxylic acids is 2. The standard InChI is InChI=1S/C21H21Cl2NO3/c1-12(2)27-14-5-6-16-17(11-14)20(24(3)21(16)26)15(8-9-25)13-4-7-18(22)19(23)10-13/h4-7,9-12,15,20H,8H2,1-3H3. The van der Waals surface area contributed by atoms with Crippen LogP contribution in [0.2, 0.25) is 10.0 Å². The zero-order chi connectivity index (χ0) is 19.7. The molecule has 0 aliphatic carbocycles. The van der Waals surface area contributed by atoms with E-state index in [0.717, 1.165) is 17.4 Å². The van der Waals surface area contributed by atoms with Gasteiger partial charge in [0.1, 0.15) is 12.0 Å². The molecule has 1 aliphatic heterocycles. The summed E-state index contributed by atoms with van der Waals surface area (Å²) in [6, 6.07) is 10.5. The van der Waals surface area contributed by atoms with Crippen LogP contribution in [0.5, 0.6) is 5.75 Å². The molecule has 3 rings (SSSR count). The second kappa shape index (κ2) is 7.91. The molecular weight excluding hydrogens is 385 g/mol. The molecule has 0 fully saturated rings. The second-order valence-electron chi connectivity index (χ2n) is 6.96. The molecule has 0 spiro atoms. The van der Waals surface area contributed by atoms with E-state index in [1.54, 1.807) is 36.2 Å². The lowest BCUT2D eigenvalue weighted by Crippen LogP contribution is -2.28. The molecule has 27 heavy (non-hydrogen) atoms. The van der Waals surface area contributed by atoms with Crippen molar-refractivity contribution in [3.8, 4) is 5.75 Å². The number of hydrogen-bond acceptors (Lipinski definition) is 3. The Morgan fingerprint density at radius 1 is 1.15 bits per heavy atom. The fraction of sp³-hybridized carbons (Fsp3) is 0.333. The van der Waals surface area contributed by atoms with Gasteiger partial charge in [0.25, 0.3) is 5.91 Å². The number of rotatable bonds is 6. The molecule has 0 saturated heterocycles. The van der Waals surface area contributed by atoms with E-state index in [4.69, 9.17) is 27.9 Å². The maximum absolute atomic E-state index is 12.8. The van der Waals surface area contributed by atoms with Gasteiger partial charge in [0.2, 0.25) is 0 Å². The molecule has 6 heteroatoms. The van der Waals surface area contributed by atoms with E-state index in [2.05, 4.69) is 0 Å². The largest absolute Gasteiger partial charge is 0.491 e. The van der Waals surface area contributed by atoms with Crippen LogP contribution in [-0.2, 0) is 4.79 Å². The van der Waals surface area contributed by atoms with Crippen molar-refractivity contribution in [3.63, 3.8) is 0 Å². The number of fused-ring (bicyclic) bond motifs is 1. The fourth-order valence-electron chi connectivity index (χ4n) is 3.63. The Hall–Kier alpha value is -2.04. The molecule has 0 saturated carbocycles. The van der Waals surface area contributed by atoms with Crippen molar-refractivity contribution in [1.82, 2.24) is 4.90 Å². The Morgan fingerprint density at radius 2 is 1.89 bits per heavy atom. The highest BCUT2D eigenvalue weighted by Crippen LogP contribution is 2.45. The average Bonchev–Trinajstić information content (AvgIpc) is 2.86. The highest BCUT2D eigenvalue weighted by atomic mass is 35.5. The number of ether oxygens (including phenoxy) is 1. The first kappa shape index (κ1) is 19.7. The Bertz CT molecular complexity index is 882. The molecular formula is C21H21Cl2NO3. The van der Waals surface area contributed by atoms with Gasteiger partial charge < -0.3 is 14.4 Å². The summed E-state index contributed by atoms with van der Waals surface area (Å²) in [4.78, 5) is 25.9. The van der Waals surface area contributed by atoms with E-state index in [0.29, 0.717) is 21.4 Å². The molecule has 142 valence electrons. The van der Waals surface area contributed by atoms with Crippen molar-refractivity contribution in [2.75, 3.05) is 7.05 Å². The van der Waals surface area contributed by atoms with Gasteiger partial charge in [-0.1, -0.05) is 29.3 Å². The number of likely N-dealkylation sites (N-methyl/N-ethyl adjacent to an activating group) is 1. The van der Waals surface area contributed by atoms with Crippen LogP contribution in [0.15, 0.2) is 36.4 Å². The fourth-order valence-corrected chi connectivity index (χ4v) is 3.94. The minimum Gasteiger partial charge on any atom is -0.491 e. The van der Waals surface area contributed by atoms with Crippen LogP contribution < -0.4 is 4.74 Å². The molecule has 0 aromatic heterocycles. The first-order valence-electron chi connectivity index (χ1n) is 8.79. The van der Waals surface area contributed by atoms with E-state index in [-0.39, 0.29) is 30.4 Å². The average molecular weight is 406 g/mol. The summed E-state index contributed by atoms with van der Waals surface area (Å²) in [6.45, 7) is 3.90. The number of halogens is 2. The van der Waals surface area contributed by atoms with E-state index in [1.807, 2.05) is 26.0 Å². The summed E-state index contributed by atoms with van der Waals surface area (Å²) < 4.78 is 5.80. The molecule has 2 atom stereocenters. The Kier molecular flexibility index (Phi) is 5.78. The van der Waals surface area contributed by atoms with E-state index >= 15 is 0 Å². The highest BCUT2D eigenvalue weighted by Gasteiger charge is 2.40. The minimum absolute atomic E-state index is 0.0252. The number of benzene rings is 2. The Morgan fingerprint density at radius 3 is 2.52 bits per heavy atom. The zero-order valence-electron chi connectivity index (χ0n) is 15.4. The molecule has 2 unspecified atom stereocenters. The first-order chi connectivity index (χ1) is 12.8. The smallest absolute Gasteiger partial charge is 0.254 e. The summed E-state index contributed by atoms with van der Waals surface area (Å²) in [6.07, 6.45) is 1.16. The van der Waals surface area contributed by atoms with Crippen molar-refractivity contribution >= 4 is 35.4 Å². The molecule has 2 aromatic carbocycles. The number of carbonyl (C=O) groups is 2. The van der Waals surface area contributed by atoms with E-state index < -0.39 is 0 Å². The van der Waals surface area contributed by atoms with E-state index in [9.17, 15) is 9.59 Å². The third kappa shape index (κ3) is 3.83. The van der Waals surface area contributed by atoms with Crippen LogP contribution >= 0.6 is 23.2 Å². The quantitative estimate of drug-likeness (QED) is 0.614. The van der Waals surface area contributed by atoms with Crippen LogP contribution in [0.3, 0.4) is 0 Å². The Balaban J connectivity index is 2.08. The summed E-state index contributed by atoms with van der Waals surface area (Å²) >= 11 is 12.2. The zero-order valence-corrected chi connectivity index (χ0v) is 16.9. The molecule has 1 aliphatic rings. The monoisotopic (exact) mass is 405 g/mol. The lowest BCUT2D eigenvalue weighted by molar-refractivity contribution is -0.108. The van der Waals surface area contributed by atoms with E-state index in [1.165, 1.54) is 0 Å². The molecule has 1 heterocycles. The second-order valence-corrected chi connectivity index (χ2v) is 7.77. The Labute approximate surface area is 169 Å². The minimum atomic E-state index is -0.286. The SMILES string of the molecule is CC(C)Oc1ccc2c(c1)C(C(CC=O)c1ccc(Cl)c(Cl)c1)N(C)C2=O. The highest BCUT2D eigenvalue weighted by molar-refractivity contribution is 6.42. The van der Waals surface area contributed by atoms with Gasteiger partial charge in [-0.3, -0.25) is 4.79 Å². The molecule has 0 bridgehead atoms. The number of amides is 1. The van der Waals surface area contributed by atoms with Gasteiger partial charge >= 0.3 is 0 Å². The molecule has 2 aromatic rings. The topological polar surface area (TPSA) is 46.6 Å². The number of nitrogens with zero attached hydrogens (tertiary/aromatic N) is 1. The summed E-state index contributed by atoms with van der Waals surface area (Å²) in [5.74, 6) is 0.402. The molecule has 0 radical (unpaired) electrons. The summed E-state index contributed by atoms with van der Waals surface area (Å²) in [5.41, 5.74) is 2.36. The number of aldehydes is 1. The predicted molar refractivity (Wildman–Crippen MR) is 107 cm³/mol. The van der Waals surface area contributed by atoms with Crippen molar-refractivity contribution in [2.24, 2.45) is 0 Å². The normalized spacial score (nSPS) is 17.2. The van der Waals surface area contributed by atoms with Gasteiger partial charge in [-0.15, -0.1) is 0 Å².